The van der Waals surface area contributed by atoms with Gasteiger partial charge in [0.25, 0.3) is 0 Å². The van der Waals surface area contributed by atoms with Gasteiger partial charge in [-0.05, 0) is 42.0 Å². The summed E-state index contributed by atoms with van der Waals surface area (Å²) in [5, 5.41) is 9.45. The highest BCUT2D eigenvalue weighted by Crippen LogP contribution is 2.21. The summed E-state index contributed by atoms with van der Waals surface area (Å²) in [6, 6.07) is 11.9. The molecule has 3 N–H and O–H groups in total. The second kappa shape index (κ2) is 5.71. The first kappa shape index (κ1) is 13.4. The molecule has 0 amide bonds. The first-order valence-corrected chi connectivity index (χ1v) is 6.42. The van der Waals surface area contributed by atoms with Crippen LogP contribution in [0.2, 0.25) is 0 Å². The van der Waals surface area contributed by atoms with Gasteiger partial charge in [0.1, 0.15) is 5.75 Å². The summed E-state index contributed by atoms with van der Waals surface area (Å²) in [7, 11) is 0. The van der Waals surface area contributed by atoms with Crippen molar-refractivity contribution in [3.63, 3.8) is 0 Å². The minimum absolute atomic E-state index is 0.140. The van der Waals surface area contributed by atoms with Crippen molar-refractivity contribution in [2.24, 2.45) is 0 Å². The topological polar surface area (TPSA) is 63.3 Å². The Morgan fingerprint density at radius 3 is 2.63 bits per heavy atom. The van der Waals surface area contributed by atoms with Crippen LogP contribution in [0.4, 0.5) is 5.69 Å². The molecule has 4 heteroatoms. The number of nitrogens with two attached hydrogens (primary N) is 1. The van der Waals surface area contributed by atoms with E-state index in [1.165, 1.54) is 6.08 Å². The Morgan fingerprint density at radius 2 is 1.95 bits per heavy atom. The molecule has 0 saturated carbocycles. The van der Waals surface area contributed by atoms with Crippen molar-refractivity contribution in [2.75, 3.05) is 5.73 Å². The number of para-hydroxylation sites is 1. The molecule has 0 spiro atoms. The minimum atomic E-state index is -0.169. The van der Waals surface area contributed by atoms with Crippen molar-refractivity contribution >= 4 is 33.5 Å². The van der Waals surface area contributed by atoms with E-state index >= 15 is 0 Å². The van der Waals surface area contributed by atoms with Crippen LogP contribution in [0.25, 0.3) is 6.08 Å². The van der Waals surface area contributed by atoms with Gasteiger partial charge in [-0.1, -0.05) is 34.1 Å². The van der Waals surface area contributed by atoms with Crippen LogP contribution in [0.3, 0.4) is 0 Å². The largest absolute Gasteiger partial charge is 0.508 e. The third kappa shape index (κ3) is 3.45. The van der Waals surface area contributed by atoms with Crippen molar-refractivity contribution in [1.82, 2.24) is 0 Å². The number of hydrogen-bond donors (Lipinski definition) is 2. The Morgan fingerprint density at radius 1 is 1.21 bits per heavy atom. The number of ketones is 1. The molecule has 19 heavy (non-hydrogen) atoms. The molecule has 96 valence electrons. The molecule has 2 aromatic carbocycles. The lowest BCUT2D eigenvalue weighted by Gasteiger charge is -2.01. The molecule has 0 atom stereocenters. The number of phenolic OH excluding ortho intramolecular Hbond substituents is 1. The normalized spacial score (nSPS) is 10.8. The molecule has 0 heterocycles. The zero-order valence-electron chi connectivity index (χ0n) is 10.0. The fourth-order valence-electron chi connectivity index (χ4n) is 1.68. The molecule has 0 unspecified atom stereocenters. The van der Waals surface area contributed by atoms with E-state index in [0.717, 1.165) is 10.0 Å². The quantitative estimate of drug-likeness (QED) is 0.516. The predicted molar refractivity (Wildman–Crippen MR) is 80.0 cm³/mol. The molecular weight excluding hydrogens is 306 g/mol. The minimum Gasteiger partial charge on any atom is -0.508 e. The first-order chi connectivity index (χ1) is 9.06. The second-order valence-corrected chi connectivity index (χ2v) is 4.94. The zero-order valence-corrected chi connectivity index (χ0v) is 11.6. The summed E-state index contributed by atoms with van der Waals surface area (Å²) in [6.45, 7) is 0. The van der Waals surface area contributed by atoms with Crippen molar-refractivity contribution in [2.45, 2.75) is 0 Å². The average Bonchev–Trinajstić information content (AvgIpc) is 2.35. The van der Waals surface area contributed by atoms with E-state index in [-0.39, 0.29) is 11.5 Å². The van der Waals surface area contributed by atoms with Crippen LogP contribution in [0, 0.1) is 0 Å². The number of benzene rings is 2. The highest BCUT2D eigenvalue weighted by molar-refractivity contribution is 9.10. The first-order valence-electron chi connectivity index (χ1n) is 5.63. The van der Waals surface area contributed by atoms with Gasteiger partial charge < -0.3 is 10.8 Å². The van der Waals surface area contributed by atoms with Crippen molar-refractivity contribution in [3.8, 4) is 5.75 Å². The number of carbonyl (C=O) groups excluding carboxylic acids is 1. The number of aromatic hydroxyl groups is 1. The average molecular weight is 318 g/mol. The molecule has 0 aromatic heterocycles. The van der Waals surface area contributed by atoms with Crippen molar-refractivity contribution < 1.29 is 9.90 Å². The lowest BCUT2D eigenvalue weighted by Crippen LogP contribution is -1.99. The summed E-state index contributed by atoms with van der Waals surface area (Å²) in [6.07, 6.45) is 3.08. The van der Waals surface area contributed by atoms with Gasteiger partial charge in [-0.15, -0.1) is 0 Å². The molecule has 0 radical (unpaired) electrons. The van der Waals surface area contributed by atoms with Gasteiger partial charge >= 0.3 is 0 Å². The van der Waals surface area contributed by atoms with Gasteiger partial charge in [-0.2, -0.15) is 0 Å². The summed E-state index contributed by atoms with van der Waals surface area (Å²) in [5.41, 5.74) is 7.39. The summed E-state index contributed by atoms with van der Waals surface area (Å²) < 4.78 is 0.749. The molecule has 0 fully saturated rings. The van der Waals surface area contributed by atoms with Gasteiger partial charge in [-0.3, -0.25) is 4.79 Å². The lowest BCUT2D eigenvalue weighted by molar-refractivity contribution is 0.104. The van der Waals surface area contributed by atoms with Gasteiger partial charge in [0.05, 0.1) is 0 Å². The third-order valence-electron chi connectivity index (χ3n) is 2.56. The zero-order chi connectivity index (χ0) is 13.8. The van der Waals surface area contributed by atoms with E-state index in [0.29, 0.717) is 11.3 Å². The standard InChI is InChI=1S/C15H12BrNO2/c16-11-7-10(8-12(18)9-11)5-6-15(19)13-3-1-2-4-14(13)17/h1-9,18H,17H2/b6-5+. The van der Waals surface area contributed by atoms with Gasteiger partial charge in [0, 0.05) is 15.7 Å². The molecule has 3 nitrogen and oxygen atoms in total. The van der Waals surface area contributed by atoms with E-state index in [1.807, 2.05) is 0 Å². The molecule has 0 aliphatic carbocycles. The number of phenols is 1. The van der Waals surface area contributed by atoms with Gasteiger partial charge in [-0.25, -0.2) is 0 Å². The molecular formula is C15H12BrNO2. The number of halogens is 1. The van der Waals surface area contributed by atoms with Crippen molar-refractivity contribution in [1.29, 1.82) is 0 Å². The molecule has 0 aliphatic rings. The third-order valence-corrected chi connectivity index (χ3v) is 3.02. The fourth-order valence-corrected chi connectivity index (χ4v) is 2.17. The smallest absolute Gasteiger partial charge is 0.187 e. The van der Waals surface area contributed by atoms with E-state index in [2.05, 4.69) is 15.9 Å². The van der Waals surface area contributed by atoms with Gasteiger partial charge in [0.15, 0.2) is 5.78 Å². The van der Waals surface area contributed by atoms with Crippen molar-refractivity contribution in [3.05, 3.63) is 64.1 Å². The summed E-state index contributed by atoms with van der Waals surface area (Å²) in [5.74, 6) is -0.0294. The van der Waals surface area contributed by atoms with Crippen LogP contribution < -0.4 is 5.73 Å². The second-order valence-electron chi connectivity index (χ2n) is 4.03. The van der Waals surface area contributed by atoms with Crippen LogP contribution in [0.15, 0.2) is 53.0 Å². The Kier molecular flexibility index (Phi) is 4.02. The number of nitrogen functional groups attached to an aromatic ring is 1. The van der Waals surface area contributed by atoms with Gasteiger partial charge in [0.2, 0.25) is 0 Å². The van der Waals surface area contributed by atoms with Crippen LogP contribution in [-0.2, 0) is 0 Å². The number of hydrogen-bond acceptors (Lipinski definition) is 3. The van der Waals surface area contributed by atoms with E-state index in [9.17, 15) is 9.90 Å². The number of carbonyl (C=O) groups is 1. The Hall–Kier alpha value is -2.07. The van der Waals surface area contributed by atoms with Crippen LogP contribution in [0.1, 0.15) is 15.9 Å². The monoisotopic (exact) mass is 317 g/mol. The summed E-state index contributed by atoms with van der Waals surface area (Å²) >= 11 is 3.28. The van der Waals surface area contributed by atoms with E-state index in [1.54, 1.807) is 48.5 Å². The Bertz CT molecular complexity index is 630. The Balaban J connectivity index is 2.23. The lowest BCUT2D eigenvalue weighted by atomic mass is 10.1. The highest BCUT2D eigenvalue weighted by Gasteiger charge is 2.05. The van der Waals surface area contributed by atoms with Crippen LogP contribution in [-0.4, -0.2) is 10.9 Å². The maximum absolute atomic E-state index is 12.0. The molecule has 0 bridgehead atoms. The fraction of sp³-hybridized carbons (Fsp3) is 0. The van der Waals surface area contributed by atoms with Crippen LogP contribution >= 0.6 is 15.9 Å². The Labute approximate surface area is 119 Å². The summed E-state index contributed by atoms with van der Waals surface area (Å²) in [4.78, 5) is 12.0. The van der Waals surface area contributed by atoms with E-state index < -0.39 is 0 Å². The van der Waals surface area contributed by atoms with E-state index in [4.69, 9.17) is 5.73 Å². The maximum Gasteiger partial charge on any atom is 0.187 e. The number of anilines is 1. The molecule has 2 aromatic rings. The van der Waals surface area contributed by atoms with Crippen LogP contribution in [0.5, 0.6) is 5.75 Å². The molecule has 0 aliphatic heterocycles. The SMILES string of the molecule is Nc1ccccc1C(=O)/C=C/c1cc(O)cc(Br)c1. The number of allylic oxidation sites excluding steroid dienone is 1. The molecule has 0 saturated heterocycles. The predicted octanol–water partition coefficient (Wildman–Crippen LogP) is 3.63. The highest BCUT2D eigenvalue weighted by atomic mass is 79.9. The molecule has 2 rings (SSSR count). The number of rotatable bonds is 3. The maximum atomic E-state index is 12.0.